The number of carbonyl (C=O) groups is 1. The van der Waals surface area contributed by atoms with E-state index in [1.54, 1.807) is 0 Å². The maximum Gasteiger partial charge on any atom is 0.231 e. The van der Waals surface area contributed by atoms with E-state index in [9.17, 15) is 4.79 Å². The number of amides is 1. The van der Waals surface area contributed by atoms with Gasteiger partial charge in [0.2, 0.25) is 5.91 Å². The number of hydrogen-bond donors (Lipinski definition) is 2. The molecule has 3 nitrogen and oxygen atoms in total. The standard InChI is InChI=1S/C13H18N2O/c1-4-11(14)10-6-7(2)5-9-8(3)13(16)15-12(9)10/h5-6,8,11H,4,14H2,1-3H3,(H,15,16). The van der Waals surface area contributed by atoms with Crippen LogP contribution in [0.4, 0.5) is 5.69 Å². The summed E-state index contributed by atoms with van der Waals surface area (Å²) in [5, 5.41) is 2.94. The van der Waals surface area contributed by atoms with Gasteiger partial charge in [0.05, 0.1) is 5.92 Å². The molecule has 0 bridgehead atoms. The predicted molar refractivity (Wildman–Crippen MR) is 65.4 cm³/mol. The van der Waals surface area contributed by atoms with Crippen LogP contribution in [0, 0.1) is 6.92 Å². The molecule has 0 aromatic heterocycles. The molecular formula is C13H18N2O. The highest BCUT2D eigenvalue weighted by Crippen LogP contribution is 2.38. The molecule has 86 valence electrons. The van der Waals surface area contributed by atoms with Gasteiger partial charge in [0.25, 0.3) is 0 Å². The Morgan fingerprint density at radius 2 is 2.19 bits per heavy atom. The van der Waals surface area contributed by atoms with Gasteiger partial charge in [0.15, 0.2) is 0 Å². The van der Waals surface area contributed by atoms with Gasteiger partial charge in [-0.1, -0.05) is 24.6 Å². The number of aryl methyl sites for hydroxylation is 1. The Hall–Kier alpha value is -1.35. The summed E-state index contributed by atoms with van der Waals surface area (Å²) in [5.74, 6) is 0.0165. The fraction of sp³-hybridized carbons (Fsp3) is 0.462. The van der Waals surface area contributed by atoms with Crippen LogP contribution in [-0.4, -0.2) is 5.91 Å². The minimum atomic E-state index is -0.0577. The zero-order chi connectivity index (χ0) is 11.9. The normalized spacial score (nSPS) is 20.5. The maximum absolute atomic E-state index is 11.7. The molecular weight excluding hydrogens is 200 g/mol. The average molecular weight is 218 g/mol. The second-order valence-electron chi connectivity index (χ2n) is 4.54. The van der Waals surface area contributed by atoms with Crippen LogP contribution in [0.15, 0.2) is 12.1 Å². The van der Waals surface area contributed by atoms with Crippen LogP contribution in [0.1, 0.15) is 48.9 Å². The molecule has 2 atom stereocenters. The summed E-state index contributed by atoms with van der Waals surface area (Å²) in [6, 6.07) is 4.15. The largest absolute Gasteiger partial charge is 0.325 e. The Morgan fingerprint density at radius 3 is 2.81 bits per heavy atom. The number of carbonyl (C=O) groups excluding carboxylic acids is 1. The lowest BCUT2D eigenvalue weighted by molar-refractivity contribution is -0.116. The van der Waals surface area contributed by atoms with E-state index in [4.69, 9.17) is 5.73 Å². The van der Waals surface area contributed by atoms with Crippen molar-refractivity contribution in [1.29, 1.82) is 0 Å². The molecule has 0 spiro atoms. The molecule has 0 saturated carbocycles. The van der Waals surface area contributed by atoms with Crippen LogP contribution in [0.3, 0.4) is 0 Å². The van der Waals surface area contributed by atoms with Crippen molar-refractivity contribution >= 4 is 11.6 Å². The third-order valence-electron chi connectivity index (χ3n) is 3.29. The Kier molecular flexibility index (Phi) is 2.72. The van der Waals surface area contributed by atoms with Crippen molar-refractivity contribution in [2.24, 2.45) is 5.73 Å². The molecule has 1 amide bonds. The van der Waals surface area contributed by atoms with E-state index in [-0.39, 0.29) is 17.9 Å². The third kappa shape index (κ3) is 1.61. The molecule has 2 rings (SSSR count). The highest BCUT2D eigenvalue weighted by Gasteiger charge is 2.29. The van der Waals surface area contributed by atoms with Gasteiger partial charge in [-0.05, 0) is 31.4 Å². The topological polar surface area (TPSA) is 55.1 Å². The lowest BCUT2D eigenvalue weighted by Crippen LogP contribution is -2.13. The zero-order valence-electron chi connectivity index (χ0n) is 10.0. The van der Waals surface area contributed by atoms with Gasteiger partial charge in [-0.2, -0.15) is 0 Å². The number of fused-ring (bicyclic) bond motifs is 1. The fourth-order valence-electron chi connectivity index (χ4n) is 2.21. The predicted octanol–water partition coefficient (Wildman–Crippen LogP) is 2.46. The number of hydrogen-bond acceptors (Lipinski definition) is 2. The molecule has 2 unspecified atom stereocenters. The summed E-state index contributed by atoms with van der Waals surface area (Å²) in [6.45, 7) is 6.03. The van der Waals surface area contributed by atoms with Gasteiger partial charge in [-0.15, -0.1) is 0 Å². The molecule has 16 heavy (non-hydrogen) atoms. The Labute approximate surface area is 96.0 Å². The molecule has 0 saturated heterocycles. The van der Waals surface area contributed by atoms with E-state index in [1.807, 2.05) is 13.8 Å². The maximum atomic E-state index is 11.7. The lowest BCUT2D eigenvalue weighted by atomic mass is 9.94. The van der Waals surface area contributed by atoms with E-state index in [2.05, 4.69) is 24.4 Å². The summed E-state index contributed by atoms with van der Waals surface area (Å²) in [7, 11) is 0. The molecule has 0 fully saturated rings. The number of benzene rings is 1. The molecule has 1 aromatic carbocycles. The summed E-state index contributed by atoms with van der Waals surface area (Å²) < 4.78 is 0. The van der Waals surface area contributed by atoms with Crippen LogP contribution in [0.2, 0.25) is 0 Å². The first-order chi connectivity index (χ1) is 7.54. The zero-order valence-corrected chi connectivity index (χ0v) is 10.0. The van der Waals surface area contributed by atoms with E-state index in [1.165, 1.54) is 5.56 Å². The summed E-state index contributed by atoms with van der Waals surface area (Å²) in [5.41, 5.74) is 10.3. The highest BCUT2D eigenvalue weighted by molar-refractivity contribution is 6.03. The van der Waals surface area contributed by atoms with Crippen LogP contribution < -0.4 is 11.1 Å². The van der Waals surface area contributed by atoms with Gasteiger partial charge >= 0.3 is 0 Å². The first-order valence-electron chi connectivity index (χ1n) is 5.75. The van der Waals surface area contributed by atoms with Crippen LogP contribution >= 0.6 is 0 Å². The van der Waals surface area contributed by atoms with E-state index in [0.717, 1.165) is 23.2 Å². The molecule has 3 N–H and O–H groups in total. The van der Waals surface area contributed by atoms with E-state index < -0.39 is 0 Å². The van der Waals surface area contributed by atoms with Crippen molar-refractivity contribution in [2.45, 2.75) is 39.2 Å². The van der Waals surface area contributed by atoms with Crippen LogP contribution in [0.25, 0.3) is 0 Å². The van der Waals surface area contributed by atoms with Crippen LogP contribution in [-0.2, 0) is 4.79 Å². The lowest BCUT2D eigenvalue weighted by Gasteiger charge is -2.15. The summed E-state index contributed by atoms with van der Waals surface area (Å²) >= 11 is 0. The molecule has 3 heteroatoms. The quantitative estimate of drug-likeness (QED) is 0.801. The second kappa shape index (κ2) is 3.91. The summed E-state index contributed by atoms with van der Waals surface area (Å²) in [6.07, 6.45) is 0.875. The van der Waals surface area contributed by atoms with Crippen molar-refractivity contribution in [2.75, 3.05) is 5.32 Å². The van der Waals surface area contributed by atoms with Gasteiger partial charge in [0.1, 0.15) is 0 Å². The monoisotopic (exact) mass is 218 g/mol. The Morgan fingerprint density at radius 1 is 1.50 bits per heavy atom. The first-order valence-corrected chi connectivity index (χ1v) is 5.75. The number of nitrogens with two attached hydrogens (primary N) is 1. The van der Waals surface area contributed by atoms with E-state index in [0.29, 0.717) is 0 Å². The fourth-order valence-corrected chi connectivity index (χ4v) is 2.21. The van der Waals surface area contributed by atoms with Gasteiger partial charge < -0.3 is 11.1 Å². The smallest absolute Gasteiger partial charge is 0.231 e. The SMILES string of the molecule is CCC(N)c1cc(C)cc2c1NC(=O)C2C. The first kappa shape index (κ1) is 11.1. The Bertz CT molecular complexity index is 440. The molecule has 1 aliphatic rings. The minimum Gasteiger partial charge on any atom is -0.325 e. The number of rotatable bonds is 2. The Balaban J connectivity index is 2.57. The molecule has 0 radical (unpaired) electrons. The van der Waals surface area contributed by atoms with E-state index >= 15 is 0 Å². The summed E-state index contributed by atoms with van der Waals surface area (Å²) in [4.78, 5) is 11.7. The third-order valence-corrected chi connectivity index (χ3v) is 3.29. The molecule has 1 aromatic rings. The second-order valence-corrected chi connectivity index (χ2v) is 4.54. The van der Waals surface area contributed by atoms with Crippen molar-refractivity contribution in [3.63, 3.8) is 0 Å². The number of nitrogens with one attached hydrogen (secondary N) is 1. The van der Waals surface area contributed by atoms with Gasteiger partial charge in [0, 0.05) is 11.7 Å². The van der Waals surface area contributed by atoms with Crippen molar-refractivity contribution in [3.05, 3.63) is 28.8 Å². The molecule has 0 aliphatic carbocycles. The van der Waals surface area contributed by atoms with Gasteiger partial charge in [-0.3, -0.25) is 4.79 Å². The number of anilines is 1. The highest BCUT2D eigenvalue weighted by atomic mass is 16.2. The van der Waals surface area contributed by atoms with Crippen molar-refractivity contribution < 1.29 is 4.79 Å². The van der Waals surface area contributed by atoms with Crippen molar-refractivity contribution in [3.8, 4) is 0 Å². The van der Waals surface area contributed by atoms with Crippen molar-refractivity contribution in [1.82, 2.24) is 0 Å². The minimum absolute atomic E-state index is 0.000694. The molecule has 1 heterocycles. The average Bonchev–Trinajstić information content (AvgIpc) is 2.54. The van der Waals surface area contributed by atoms with Gasteiger partial charge in [-0.25, -0.2) is 0 Å². The van der Waals surface area contributed by atoms with Crippen LogP contribution in [0.5, 0.6) is 0 Å². The molecule has 1 aliphatic heterocycles.